The van der Waals surface area contributed by atoms with Crippen LogP contribution in [0, 0.1) is 0 Å². The summed E-state index contributed by atoms with van der Waals surface area (Å²) in [6, 6.07) is 8.68. The molecule has 3 nitrogen and oxygen atoms in total. The van der Waals surface area contributed by atoms with Gasteiger partial charge in [-0.25, -0.2) is 0 Å². The molecule has 1 fully saturated rings. The zero-order valence-corrected chi connectivity index (χ0v) is 13.3. The molecule has 1 aromatic carbocycles. The molecule has 1 aliphatic carbocycles. The maximum Gasteiger partial charge on any atom is 0.0457 e. The van der Waals surface area contributed by atoms with Crippen molar-refractivity contribution < 1.29 is 0 Å². The van der Waals surface area contributed by atoms with Gasteiger partial charge in [0.1, 0.15) is 0 Å². The van der Waals surface area contributed by atoms with E-state index < -0.39 is 0 Å². The second-order valence-corrected chi connectivity index (χ2v) is 6.64. The summed E-state index contributed by atoms with van der Waals surface area (Å²) in [5, 5.41) is 5.06. The molecule has 3 rings (SSSR count). The Morgan fingerprint density at radius 1 is 1.14 bits per heavy atom. The Kier molecular flexibility index (Phi) is 4.32. The monoisotopic (exact) mass is 285 g/mol. The molecular formula is C18H27N3. The second kappa shape index (κ2) is 6.20. The number of benzene rings is 1. The summed E-state index contributed by atoms with van der Waals surface area (Å²) < 4.78 is 0. The Hall–Kier alpha value is -1.32. The van der Waals surface area contributed by atoms with Crippen LogP contribution in [-0.2, 0) is 6.54 Å². The molecular weight excluding hydrogens is 258 g/mol. The Morgan fingerprint density at radius 2 is 1.95 bits per heavy atom. The molecule has 0 atom stereocenters. The molecule has 1 aromatic heterocycles. The fourth-order valence-corrected chi connectivity index (χ4v) is 3.73. The SMILES string of the molecule is CN(C)C1(CNCc2cccc3[nH]ccc23)CCCCC1. The van der Waals surface area contributed by atoms with Crippen molar-refractivity contribution in [3.8, 4) is 0 Å². The van der Waals surface area contributed by atoms with E-state index >= 15 is 0 Å². The van der Waals surface area contributed by atoms with Gasteiger partial charge in [0.2, 0.25) is 0 Å². The lowest BCUT2D eigenvalue weighted by molar-refractivity contribution is 0.0984. The van der Waals surface area contributed by atoms with Gasteiger partial charge in [-0.2, -0.15) is 0 Å². The molecule has 0 amide bonds. The molecule has 0 unspecified atom stereocenters. The van der Waals surface area contributed by atoms with E-state index in [2.05, 4.69) is 53.6 Å². The Morgan fingerprint density at radius 3 is 2.71 bits per heavy atom. The van der Waals surface area contributed by atoms with Gasteiger partial charge in [-0.3, -0.25) is 0 Å². The summed E-state index contributed by atoms with van der Waals surface area (Å²) in [7, 11) is 4.47. The number of rotatable bonds is 5. The summed E-state index contributed by atoms with van der Waals surface area (Å²) in [5.74, 6) is 0. The summed E-state index contributed by atoms with van der Waals surface area (Å²) in [4.78, 5) is 5.73. The smallest absolute Gasteiger partial charge is 0.0457 e. The zero-order valence-electron chi connectivity index (χ0n) is 13.3. The number of H-pyrrole nitrogens is 1. The molecule has 2 aromatic rings. The Labute approximate surface area is 127 Å². The highest BCUT2D eigenvalue weighted by atomic mass is 15.2. The topological polar surface area (TPSA) is 31.1 Å². The third kappa shape index (κ3) is 2.99. The molecule has 0 bridgehead atoms. The number of likely N-dealkylation sites (N-methyl/N-ethyl adjacent to an activating group) is 1. The van der Waals surface area contributed by atoms with Gasteiger partial charge in [-0.05, 0) is 44.6 Å². The highest BCUT2D eigenvalue weighted by Crippen LogP contribution is 2.31. The first kappa shape index (κ1) is 14.6. The van der Waals surface area contributed by atoms with E-state index in [-0.39, 0.29) is 0 Å². The summed E-state index contributed by atoms with van der Waals surface area (Å²) in [5.41, 5.74) is 2.97. The summed E-state index contributed by atoms with van der Waals surface area (Å²) >= 11 is 0. The van der Waals surface area contributed by atoms with E-state index in [1.165, 1.54) is 48.6 Å². The summed E-state index contributed by atoms with van der Waals surface area (Å²) in [6.07, 6.45) is 8.80. The molecule has 0 radical (unpaired) electrons. The number of nitrogens with zero attached hydrogens (tertiary/aromatic N) is 1. The quantitative estimate of drug-likeness (QED) is 0.880. The van der Waals surface area contributed by atoms with Crippen molar-refractivity contribution in [1.82, 2.24) is 15.2 Å². The molecule has 1 heterocycles. The molecule has 0 aliphatic heterocycles. The van der Waals surface area contributed by atoms with E-state index in [4.69, 9.17) is 0 Å². The van der Waals surface area contributed by atoms with Crippen LogP contribution >= 0.6 is 0 Å². The van der Waals surface area contributed by atoms with Gasteiger partial charge in [-0.15, -0.1) is 0 Å². The normalized spacial score (nSPS) is 18.4. The lowest BCUT2D eigenvalue weighted by Gasteiger charge is -2.43. The minimum atomic E-state index is 0.351. The predicted molar refractivity (Wildman–Crippen MR) is 89.5 cm³/mol. The molecule has 114 valence electrons. The van der Waals surface area contributed by atoms with Gasteiger partial charge < -0.3 is 15.2 Å². The first-order chi connectivity index (χ1) is 10.2. The number of aromatic amines is 1. The molecule has 1 saturated carbocycles. The van der Waals surface area contributed by atoms with Gasteiger partial charge in [0, 0.05) is 35.7 Å². The fourth-order valence-electron chi connectivity index (χ4n) is 3.73. The fraction of sp³-hybridized carbons (Fsp3) is 0.556. The van der Waals surface area contributed by atoms with E-state index in [0.29, 0.717) is 5.54 Å². The van der Waals surface area contributed by atoms with Crippen molar-refractivity contribution in [3.63, 3.8) is 0 Å². The van der Waals surface area contributed by atoms with Crippen LogP contribution in [-0.4, -0.2) is 36.1 Å². The average molecular weight is 285 g/mol. The van der Waals surface area contributed by atoms with Crippen molar-refractivity contribution in [2.75, 3.05) is 20.6 Å². The van der Waals surface area contributed by atoms with Crippen LogP contribution in [0.15, 0.2) is 30.5 Å². The highest BCUT2D eigenvalue weighted by Gasteiger charge is 2.33. The lowest BCUT2D eigenvalue weighted by atomic mass is 9.80. The van der Waals surface area contributed by atoms with Crippen LogP contribution in [0.25, 0.3) is 10.9 Å². The van der Waals surface area contributed by atoms with Crippen molar-refractivity contribution in [2.45, 2.75) is 44.2 Å². The third-order valence-corrected chi connectivity index (χ3v) is 5.19. The van der Waals surface area contributed by atoms with Crippen LogP contribution in [0.4, 0.5) is 0 Å². The number of hydrogen-bond donors (Lipinski definition) is 2. The molecule has 0 spiro atoms. The van der Waals surface area contributed by atoms with E-state index in [0.717, 1.165) is 13.1 Å². The Bertz CT molecular complexity index is 579. The van der Waals surface area contributed by atoms with Gasteiger partial charge in [0.15, 0.2) is 0 Å². The molecule has 3 heteroatoms. The number of aromatic nitrogens is 1. The van der Waals surface area contributed by atoms with Crippen LogP contribution in [0.2, 0.25) is 0 Å². The second-order valence-electron chi connectivity index (χ2n) is 6.64. The van der Waals surface area contributed by atoms with Gasteiger partial charge in [-0.1, -0.05) is 31.4 Å². The van der Waals surface area contributed by atoms with Crippen molar-refractivity contribution >= 4 is 10.9 Å². The maximum atomic E-state index is 3.72. The summed E-state index contributed by atoms with van der Waals surface area (Å²) in [6.45, 7) is 2.03. The standard InChI is InChI=1S/C18H27N3/c1-21(2)18(10-4-3-5-11-18)14-19-13-15-7-6-8-17-16(15)9-12-20-17/h6-9,12,19-20H,3-5,10-11,13-14H2,1-2H3. The van der Waals surface area contributed by atoms with E-state index in [1.807, 2.05) is 6.20 Å². The van der Waals surface area contributed by atoms with Gasteiger partial charge in [0.05, 0.1) is 0 Å². The first-order valence-electron chi connectivity index (χ1n) is 8.14. The highest BCUT2D eigenvalue weighted by molar-refractivity contribution is 5.82. The van der Waals surface area contributed by atoms with Crippen LogP contribution in [0.3, 0.4) is 0 Å². The molecule has 21 heavy (non-hydrogen) atoms. The predicted octanol–water partition coefficient (Wildman–Crippen LogP) is 3.52. The van der Waals surface area contributed by atoms with Crippen molar-refractivity contribution in [3.05, 3.63) is 36.0 Å². The zero-order chi connectivity index (χ0) is 14.7. The van der Waals surface area contributed by atoms with Gasteiger partial charge >= 0.3 is 0 Å². The number of fused-ring (bicyclic) bond motifs is 1. The largest absolute Gasteiger partial charge is 0.361 e. The molecule has 2 N–H and O–H groups in total. The van der Waals surface area contributed by atoms with E-state index in [9.17, 15) is 0 Å². The molecule has 0 saturated heterocycles. The minimum absolute atomic E-state index is 0.351. The average Bonchev–Trinajstić information content (AvgIpc) is 2.97. The first-order valence-corrected chi connectivity index (χ1v) is 8.14. The van der Waals surface area contributed by atoms with Crippen LogP contribution < -0.4 is 5.32 Å². The van der Waals surface area contributed by atoms with E-state index in [1.54, 1.807) is 0 Å². The van der Waals surface area contributed by atoms with Crippen LogP contribution in [0.1, 0.15) is 37.7 Å². The Balaban J connectivity index is 1.66. The number of nitrogens with one attached hydrogen (secondary N) is 2. The number of hydrogen-bond acceptors (Lipinski definition) is 2. The van der Waals surface area contributed by atoms with Crippen LogP contribution in [0.5, 0.6) is 0 Å². The van der Waals surface area contributed by atoms with Crippen molar-refractivity contribution in [1.29, 1.82) is 0 Å². The maximum absolute atomic E-state index is 3.72. The third-order valence-electron chi connectivity index (χ3n) is 5.19. The van der Waals surface area contributed by atoms with Gasteiger partial charge in [0.25, 0.3) is 0 Å². The molecule has 1 aliphatic rings. The minimum Gasteiger partial charge on any atom is -0.361 e. The lowest BCUT2D eigenvalue weighted by Crippen LogP contribution is -2.52. The van der Waals surface area contributed by atoms with Crippen molar-refractivity contribution in [2.24, 2.45) is 0 Å².